The van der Waals surface area contributed by atoms with Crippen LogP contribution in [0.1, 0.15) is 18.9 Å². The van der Waals surface area contributed by atoms with Crippen LogP contribution in [0.25, 0.3) is 0 Å². The minimum absolute atomic E-state index is 0.129. The van der Waals surface area contributed by atoms with Crippen LogP contribution in [0.4, 0.5) is 0 Å². The molecule has 1 aromatic carbocycles. The minimum Gasteiger partial charge on any atom is -0.491 e. The minimum atomic E-state index is 0.129. The molecule has 86 valence electrons. The Kier molecular flexibility index (Phi) is 5.18. The van der Waals surface area contributed by atoms with Gasteiger partial charge in [-0.15, -0.1) is 12.3 Å². The monoisotopic (exact) mass is 237 g/mol. The van der Waals surface area contributed by atoms with Gasteiger partial charge < -0.3 is 10.5 Å². The molecule has 0 bridgehead atoms. The first-order valence-corrected chi connectivity index (χ1v) is 5.61. The number of terminal acetylenes is 1. The molecule has 0 fully saturated rings. The molecule has 1 unspecified atom stereocenters. The van der Waals surface area contributed by atoms with Crippen molar-refractivity contribution >= 4 is 11.6 Å². The van der Waals surface area contributed by atoms with Crippen LogP contribution in [0.3, 0.4) is 0 Å². The predicted molar refractivity (Wildman–Crippen MR) is 67.8 cm³/mol. The molecule has 1 atom stereocenters. The van der Waals surface area contributed by atoms with Crippen molar-refractivity contribution in [2.75, 3.05) is 6.61 Å². The van der Waals surface area contributed by atoms with Crippen molar-refractivity contribution in [3.8, 4) is 18.1 Å². The summed E-state index contributed by atoms with van der Waals surface area (Å²) in [6.45, 7) is 2.45. The van der Waals surface area contributed by atoms with Crippen LogP contribution >= 0.6 is 11.6 Å². The molecule has 16 heavy (non-hydrogen) atoms. The molecule has 0 aliphatic heterocycles. The van der Waals surface area contributed by atoms with E-state index >= 15 is 0 Å². The van der Waals surface area contributed by atoms with Crippen LogP contribution in [-0.2, 0) is 6.42 Å². The van der Waals surface area contributed by atoms with Crippen molar-refractivity contribution in [1.82, 2.24) is 0 Å². The van der Waals surface area contributed by atoms with Crippen molar-refractivity contribution in [3.63, 3.8) is 0 Å². The first-order valence-electron chi connectivity index (χ1n) is 5.23. The average Bonchev–Trinajstić information content (AvgIpc) is 2.20. The van der Waals surface area contributed by atoms with Gasteiger partial charge in [0.15, 0.2) is 0 Å². The number of hydrogen-bond donors (Lipinski definition) is 1. The second-order valence-electron chi connectivity index (χ2n) is 3.75. The molecule has 0 saturated carbocycles. The van der Waals surface area contributed by atoms with E-state index in [0.29, 0.717) is 23.8 Å². The van der Waals surface area contributed by atoms with Crippen LogP contribution in [0, 0.1) is 12.3 Å². The van der Waals surface area contributed by atoms with E-state index in [2.05, 4.69) is 5.92 Å². The van der Waals surface area contributed by atoms with E-state index in [1.807, 2.05) is 25.1 Å². The third-order valence-electron chi connectivity index (χ3n) is 2.06. The van der Waals surface area contributed by atoms with Gasteiger partial charge in [-0.2, -0.15) is 0 Å². The average molecular weight is 238 g/mol. The van der Waals surface area contributed by atoms with E-state index in [1.165, 1.54) is 0 Å². The molecule has 0 aliphatic rings. The van der Waals surface area contributed by atoms with Crippen LogP contribution in [0.2, 0.25) is 5.02 Å². The molecular formula is C13H16ClNO. The topological polar surface area (TPSA) is 35.2 Å². The third-order valence-corrected chi connectivity index (χ3v) is 2.35. The summed E-state index contributed by atoms with van der Waals surface area (Å²) in [5.74, 6) is 3.18. The molecule has 0 radical (unpaired) electrons. The van der Waals surface area contributed by atoms with E-state index in [-0.39, 0.29) is 6.04 Å². The van der Waals surface area contributed by atoms with Gasteiger partial charge in [-0.3, -0.25) is 0 Å². The molecule has 2 N–H and O–H groups in total. The normalized spacial score (nSPS) is 11.9. The maximum absolute atomic E-state index is 6.07. The van der Waals surface area contributed by atoms with Crippen LogP contribution < -0.4 is 10.5 Å². The summed E-state index contributed by atoms with van der Waals surface area (Å²) in [6, 6.07) is 5.84. The highest BCUT2D eigenvalue weighted by Gasteiger charge is 2.04. The van der Waals surface area contributed by atoms with E-state index < -0.39 is 0 Å². The van der Waals surface area contributed by atoms with Crippen molar-refractivity contribution in [2.45, 2.75) is 25.8 Å². The summed E-state index contributed by atoms with van der Waals surface area (Å²) in [5.41, 5.74) is 6.83. The molecule has 3 heteroatoms. The van der Waals surface area contributed by atoms with Gasteiger partial charge in [-0.1, -0.05) is 17.7 Å². The fraction of sp³-hybridized carbons (Fsp3) is 0.385. The SMILES string of the molecule is C#CCCOc1ccc(CC(C)N)cc1Cl. The van der Waals surface area contributed by atoms with Gasteiger partial charge in [0.05, 0.1) is 11.6 Å². The lowest BCUT2D eigenvalue weighted by Crippen LogP contribution is -2.17. The van der Waals surface area contributed by atoms with Crippen LogP contribution in [0.5, 0.6) is 5.75 Å². The zero-order valence-corrected chi connectivity index (χ0v) is 10.1. The Morgan fingerprint density at radius 2 is 2.31 bits per heavy atom. The molecule has 1 aromatic rings. The summed E-state index contributed by atoms with van der Waals surface area (Å²) in [6.07, 6.45) is 6.52. The van der Waals surface area contributed by atoms with Crippen molar-refractivity contribution in [2.24, 2.45) is 5.73 Å². The zero-order chi connectivity index (χ0) is 12.0. The third kappa shape index (κ3) is 4.14. The molecule has 0 aromatic heterocycles. The molecule has 0 amide bonds. The second-order valence-corrected chi connectivity index (χ2v) is 4.16. The number of rotatable bonds is 5. The van der Waals surface area contributed by atoms with E-state index in [1.54, 1.807) is 0 Å². The van der Waals surface area contributed by atoms with Crippen LogP contribution in [-0.4, -0.2) is 12.6 Å². The first-order chi connectivity index (χ1) is 7.63. The van der Waals surface area contributed by atoms with E-state index in [9.17, 15) is 0 Å². The molecule has 0 aliphatic carbocycles. The maximum atomic E-state index is 6.07. The molecule has 0 heterocycles. The second kappa shape index (κ2) is 6.42. The Morgan fingerprint density at radius 1 is 1.56 bits per heavy atom. The summed E-state index contributed by atoms with van der Waals surface area (Å²) in [5, 5.41) is 0.607. The van der Waals surface area contributed by atoms with Gasteiger partial charge in [0.2, 0.25) is 0 Å². The molecule has 1 rings (SSSR count). The Labute approximate surface area is 102 Å². The smallest absolute Gasteiger partial charge is 0.137 e. The summed E-state index contributed by atoms with van der Waals surface area (Å²) >= 11 is 6.07. The lowest BCUT2D eigenvalue weighted by Gasteiger charge is -2.09. The molecule has 0 saturated heterocycles. The maximum Gasteiger partial charge on any atom is 0.137 e. The standard InChI is InChI=1S/C13H16ClNO/c1-3-4-7-16-13-6-5-11(8-10(2)15)9-12(13)14/h1,5-6,9-10H,4,7-8,15H2,2H3. The molecular weight excluding hydrogens is 222 g/mol. The first kappa shape index (κ1) is 12.9. The lowest BCUT2D eigenvalue weighted by molar-refractivity contribution is 0.327. The predicted octanol–water partition coefficient (Wildman–Crippen LogP) is 2.63. The van der Waals surface area contributed by atoms with Gasteiger partial charge >= 0.3 is 0 Å². The highest BCUT2D eigenvalue weighted by Crippen LogP contribution is 2.25. The Bertz CT molecular complexity index is 382. The summed E-state index contributed by atoms with van der Waals surface area (Å²) in [4.78, 5) is 0. The quantitative estimate of drug-likeness (QED) is 0.631. The van der Waals surface area contributed by atoms with Gasteiger partial charge in [-0.05, 0) is 31.0 Å². The molecule has 2 nitrogen and oxygen atoms in total. The van der Waals surface area contributed by atoms with Gasteiger partial charge in [0.1, 0.15) is 5.75 Å². The van der Waals surface area contributed by atoms with Crippen molar-refractivity contribution < 1.29 is 4.74 Å². The van der Waals surface area contributed by atoms with Gasteiger partial charge in [0.25, 0.3) is 0 Å². The Morgan fingerprint density at radius 3 is 2.88 bits per heavy atom. The summed E-state index contributed by atoms with van der Waals surface area (Å²) in [7, 11) is 0. The van der Waals surface area contributed by atoms with Crippen molar-refractivity contribution in [1.29, 1.82) is 0 Å². The van der Waals surface area contributed by atoms with E-state index in [0.717, 1.165) is 12.0 Å². The zero-order valence-electron chi connectivity index (χ0n) is 9.37. The van der Waals surface area contributed by atoms with E-state index in [4.69, 9.17) is 28.5 Å². The highest BCUT2D eigenvalue weighted by molar-refractivity contribution is 6.32. The highest BCUT2D eigenvalue weighted by atomic mass is 35.5. The number of halogens is 1. The van der Waals surface area contributed by atoms with Crippen molar-refractivity contribution in [3.05, 3.63) is 28.8 Å². The Balaban J connectivity index is 2.64. The fourth-order valence-corrected chi connectivity index (χ4v) is 1.64. The Hall–Kier alpha value is -1.17. The number of nitrogens with two attached hydrogens (primary N) is 1. The fourth-order valence-electron chi connectivity index (χ4n) is 1.38. The number of hydrogen-bond acceptors (Lipinski definition) is 2. The number of ether oxygens (including phenoxy) is 1. The number of benzene rings is 1. The summed E-state index contributed by atoms with van der Waals surface area (Å²) < 4.78 is 5.43. The van der Waals surface area contributed by atoms with Gasteiger partial charge in [-0.25, -0.2) is 0 Å². The molecule has 0 spiro atoms. The lowest BCUT2D eigenvalue weighted by atomic mass is 10.1. The van der Waals surface area contributed by atoms with Crippen LogP contribution in [0.15, 0.2) is 18.2 Å². The largest absolute Gasteiger partial charge is 0.491 e. The van der Waals surface area contributed by atoms with Gasteiger partial charge in [0, 0.05) is 12.5 Å².